The highest BCUT2D eigenvalue weighted by Gasteiger charge is 2.47. The summed E-state index contributed by atoms with van der Waals surface area (Å²) in [7, 11) is 0. The van der Waals surface area contributed by atoms with E-state index < -0.39 is 0 Å². The fourth-order valence-electron chi connectivity index (χ4n) is 4.30. The Labute approximate surface area is 126 Å². The SMILES string of the molecule is CC1(C(NN)C2CCOC3(CCOCC3)C2)CCCS1. The smallest absolute Gasteiger partial charge is 0.0729 e. The molecule has 0 radical (unpaired) electrons. The van der Waals surface area contributed by atoms with E-state index in [2.05, 4.69) is 24.1 Å². The molecular formula is C15H28N2O2S. The van der Waals surface area contributed by atoms with Gasteiger partial charge in [-0.25, -0.2) is 0 Å². The Kier molecular flexibility index (Phi) is 4.63. The standard InChI is InChI=1S/C15H28N2O2S/c1-14(4-2-10-20-14)13(17-16)12-3-7-19-15(11-12)5-8-18-9-6-15/h12-13,17H,2-11,16H2,1H3. The van der Waals surface area contributed by atoms with Crippen molar-refractivity contribution in [2.45, 2.75) is 61.8 Å². The molecule has 0 amide bonds. The summed E-state index contributed by atoms with van der Waals surface area (Å²) in [4.78, 5) is 0. The Balaban J connectivity index is 1.71. The van der Waals surface area contributed by atoms with Crippen molar-refractivity contribution in [1.82, 2.24) is 5.43 Å². The zero-order valence-corrected chi connectivity index (χ0v) is 13.3. The summed E-state index contributed by atoms with van der Waals surface area (Å²) >= 11 is 2.10. The van der Waals surface area contributed by atoms with Crippen molar-refractivity contribution in [2.24, 2.45) is 11.8 Å². The quantitative estimate of drug-likeness (QED) is 0.617. The molecular weight excluding hydrogens is 272 g/mol. The Morgan fingerprint density at radius 1 is 1.25 bits per heavy atom. The summed E-state index contributed by atoms with van der Waals surface area (Å²) in [6, 6.07) is 0.401. The van der Waals surface area contributed by atoms with Gasteiger partial charge in [-0.3, -0.25) is 11.3 Å². The molecule has 0 saturated carbocycles. The first-order valence-corrected chi connectivity index (χ1v) is 8.98. The van der Waals surface area contributed by atoms with Crippen LogP contribution in [0.3, 0.4) is 0 Å². The average Bonchev–Trinajstić information content (AvgIpc) is 2.88. The van der Waals surface area contributed by atoms with Gasteiger partial charge in [-0.1, -0.05) is 0 Å². The molecule has 0 aromatic rings. The molecule has 4 nitrogen and oxygen atoms in total. The number of nitrogens with two attached hydrogens (primary N) is 1. The molecule has 3 saturated heterocycles. The van der Waals surface area contributed by atoms with Gasteiger partial charge in [-0.05, 0) is 57.1 Å². The lowest BCUT2D eigenvalue weighted by molar-refractivity contribution is -0.151. The van der Waals surface area contributed by atoms with Gasteiger partial charge in [0.1, 0.15) is 0 Å². The third-order valence-corrected chi connectivity index (χ3v) is 7.10. The summed E-state index contributed by atoms with van der Waals surface area (Å²) in [5.41, 5.74) is 3.23. The number of hydrogen-bond donors (Lipinski definition) is 2. The molecule has 3 aliphatic rings. The van der Waals surface area contributed by atoms with Crippen molar-refractivity contribution in [1.29, 1.82) is 0 Å². The van der Waals surface area contributed by atoms with Crippen LogP contribution in [0.4, 0.5) is 0 Å². The molecule has 0 aromatic heterocycles. The van der Waals surface area contributed by atoms with Crippen LogP contribution in [-0.2, 0) is 9.47 Å². The molecule has 20 heavy (non-hydrogen) atoms. The van der Waals surface area contributed by atoms with E-state index in [1.807, 2.05) is 0 Å². The summed E-state index contributed by atoms with van der Waals surface area (Å²) in [6.07, 6.45) is 6.96. The molecule has 5 heteroatoms. The van der Waals surface area contributed by atoms with Gasteiger partial charge >= 0.3 is 0 Å². The Morgan fingerprint density at radius 2 is 2.05 bits per heavy atom. The molecule has 0 aromatic carbocycles. The second-order valence-corrected chi connectivity index (χ2v) is 8.44. The molecule has 3 N–H and O–H groups in total. The van der Waals surface area contributed by atoms with Crippen LogP contribution in [0.1, 0.15) is 45.4 Å². The fraction of sp³-hybridized carbons (Fsp3) is 1.00. The molecule has 1 spiro atoms. The highest BCUT2D eigenvalue weighted by Crippen LogP contribution is 2.47. The minimum absolute atomic E-state index is 0.0654. The van der Waals surface area contributed by atoms with Crippen molar-refractivity contribution >= 4 is 11.8 Å². The topological polar surface area (TPSA) is 56.5 Å². The minimum Gasteiger partial charge on any atom is -0.381 e. The predicted octanol–water partition coefficient (Wildman–Crippen LogP) is 2.08. The van der Waals surface area contributed by atoms with Gasteiger partial charge in [0.25, 0.3) is 0 Å². The van der Waals surface area contributed by atoms with Gasteiger partial charge in [0.05, 0.1) is 5.60 Å². The van der Waals surface area contributed by atoms with Crippen molar-refractivity contribution < 1.29 is 9.47 Å². The molecule has 3 unspecified atom stereocenters. The van der Waals surface area contributed by atoms with E-state index in [1.54, 1.807) is 0 Å². The fourth-order valence-corrected chi connectivity index (χ4v) is 5.78. The first kappa shape index (κ1) is 15.1. The molecule has 0 bridgehead atoms. The van der Waals surface area contributed by atoms with Crippen molar-refractivity contribution in [3.8, 4) is 0 Å². The van der Waals surface area contributed by atoms with Crippen LogP contribution in [0, 0.1) is 5.92 Å². The van der Waals surface area contributed by atoms with Gasteiger partial charge in [0, 0.05) is 30.6 Å². The first-order chi connectivity index (χ1) is 9.68. The monoisotopic (exact) mass is 300 g/mol. The highest BCUT2D eigenvalue weighted by atomic mass is 32.2. The normalized spacial score (nSPS) is 39.0. The van der Waals surface area contributed by atoms with Crippen LogP contribution < -0.4 is 11.3 Å². The molecule has 3 fully saturated rings. The maximum atomic E-state index is 6.17. The van der Waals surface area contributed by atoms with Gasteiger partial charge in [-0.15, -0.1) is 0 Å². The van der Waals surface area contributed by atoms with E-state index in [-0.39, 0.29) is 5.60 Å². The van der Waals surface area contributed by atoms with E-state index in [0.29, 0.717) is 16.7 Å². The lowest BCUT2D eigenvalue weighted by Crippen LogP contribution is -2.57. The van der Waals surface area contributed by atoms with Crippen LogP contribution in [-0.4, -0.2) is 42.0 Å². The van der Waals surface area contributed by atoms with E-state index in [1.165, 1.54) is 18.6 Å². The van der Waals surface area contributed by atoms with Gasteiger partial charge in [-0.2, -0.15) is 11.8 Å². The van der Waals surface area contributed by atoms with Crippen molar-refractivity contribution in [3.63, 3.8) is 0 Å². The Hall–Kier alpha value is 0.190. The van der Waals surface area contributed by atoms with Crippen molar-refractivity contribution in [2.75, 3.05) is 25.6 Å². The zero-order chi connectivity index (χ0) is 14.1. The summed E-state index contributed by atoms with van der Waals surface area (Å²) < 4.78 is 12.0. The van der Waals surface area contributed by atoms with E-state index >= 15 is 0 Å². The Morgan fingerprint density at radius 3 is 2.70 bits per heavy atom. The molecule has 3 heterocycles. The summed E-state index contributed by atoms with van der Waals surface area (Å²) in [5.74, 6) is 7.86. The van der Waals surface area contributed by atoms with Crippen LogP contribution >= 0.6 is 11.8 Å². The van der Waals surface area contributed by atoms with E-state index in [0.717, 1.165) is 45.5 Å². The third-order valence-electron chi connectivity index (χ3n) is 5.49. The van der Waals surface area contributed by atoms with Crippen LogP contribution in [0.2, 0.25) is 0 Å². The summed E-state index contributed by atoms with van der Waals surface area (Å²) in [5, 5.41) is 0. The van der Waals surface area contributed by atoms with Crippen LogP contribution in [0.5, 0.6) is 0 Å². The maximum Gasteiger partial charge on any atom is 0.0729 e. The first-order valence-electron chi connectivity index (χ1n) is 7.99. The average molecular weight is 300 g/mol. The maximum absolute atomic E-state index is 6.17. The number of thioether (sulfide) groups is 1. The van der Waals surface area contributed by atoms with Crippen LogP contribution in [0.25, 0.3) is 0 Å². The van der Waals surface area contributed by atoms with Crippen LogP contribution in [0.15, 0.2) is 0 Å². The molecule has 3 aliphatic heterocycles. The molecule has 0 aliphatic carbocycles. The van der Waals surface area contributed by atoms with Gasteiger partial charge in [0.2, 0.25) is 0 Å². The minimum atomic E-state index is 0.0654. The number of nitrogens with one attached hydrogen (secondary N) is 1. The highest BCUT2D eigenvalue weighted by molar-refractivity contribution is 8.00. The lowest BCUT2D eigenvalue weighted by atomic mass is 9.74. The Bertz CT molecular complexity index is 322. The number of hydrogen-bond acceptors (Lipinski definition) is 5. The lowest BCUT2D eigenvalue weighted by Gasteiger charge is -2.48. The second-order valence-electron chi connectivity index (χ2n) is 6.81. The molecule has 3 rings (SSSR count). The molecule has 3 atom stereocenters. The van der Waals surface area contributed by atoms with E-state index in [4.69, 9.17) is 15.3 Å². The summed E-state index contributed by atoms with van der Waals surface area (Å²) in [6.45, 7) is 4.96. The van der Waals surface area contributed by atoms with E-state index in [9.17, 15) is 0 Å². The van der Waals surface area contributed by atoms with Gasteiger partial charge in [0.15, 0.2) is 0 Å². The predicted molar refractivity (Wildman–Crippen MR) is 82.7 cm³/mol. The number of ether oxygens (including phenoxy) is 2. The third kappa shape index (κ3) is 2.88. The number of hydrazine groups is 1. The largest absolute Gasteiger partial charge is 0.381 e. The molecule has 116 valence electrons. The van der Waals surface area contributed by atoms with Crippen molar-refractivity contribution in [3.05, 3.63) is 0 Å². The second kappa shape index (κ2) is 6.13. The number of rotatable bonds is 3. The zero-order valence-electron chi connectivity index (χ0n) is 12.5. The van der Waals surface area contributed by atoms with Gasteiger partial charge < -0.3 is 9.47 Å².